The molecule has 0 aromatic heterocycles. The summed E-state index contributed by atoms with van der Waals surface area (Å²) in [6, 6.07) is 20.2. The van der Waals surface area contributed by atoms with Crippen molar-refractivity contribution in [3.05, 3.63) is 96.2 Å². The van der Waals surface area contributed by atoms with Gasteiger partial charge in [-0.1, -0.05) is 24.8 Å². The lowest BCUT2D eigenvalue weighted by atomic mass is 10.1. The summed E-state index contributed by atoms with van der Waals surface area (Å²) in [6.45, 7) is 4.23. The summed E-state index contributed by atoms with van der Waals surface area (Å²) in [5.41, 5.74) is 6.38. The van der Waals surface area contributed by atoms with Crippen molar-refractivity contribution in [2.45, 2.75) is 19.1 Å². The number of hydrogen-bond acceptors (Lipinski definition) is 9. The monoisotopic (exact) mass is 478 g/mol. The molecule has 9 heteroatoms. The molecule has 3 rings (SSSR count). The van der Waals surface area contributed by atoms with E-state index in [1.165, 1.54) is 17.8 Å². The molecule has 9 nitrogen and oxygen atoms in total. The maximum Gasteiger partial charge on any atom is 0.205 e. The van der Waals surface area contributed by atoms with Crippen molar-refractivity contribution in [1.82, 2.24) is 11.0 Å². The van der Waals surface area contributed by atoms with E-state index in [-0.39, 0.29) is 12.4 Å². The van der Waals surface area contributed by atoms with Crippen LogP contribution in [-0.4, -0.2) is 34.8 Å². The van der Waals surface area contributed by atoms with Gasteiger partial charge in [0.25, 0.3) is 0 Å². The van der Waals surface area contributed by atoms with Crippen molar-refractivity contribution in [3.8, 4) is 11.5 Å². The fraction of sp³-hybridized carbons (Fsp3) is 0.192. The third kappa shape index (κ3) is 8.43. The van der Waals surface area contributed by atoms with Gasteiger partial charge >= 0.3 is 0 Å². The van der Waals surface area contributed by atoms with Gasteiger partial charge in [0.1, 0.15) is 5.75 Å². The topological polar surface area (TPSA) is 128 Å². The van der Waals surface area contributed by atoms with Crippen LogP contribution in [0.5, 0.6) is 11.5 Å². The van der Waals surface area contributed by atoms with E-state index in [9.17, 15) is 15.3 Å². The molecule has 1 atom stereocenters. The summed E-state index contributed by atoms with van der Waals surface area (Å²) in [6.07, 6.45) is 2.59. The fourth-order valence-electron chi connectivity index (χ4n) is 3.22. The quantitative estimate of drug-likeness (QED) is 0.0900. The zero-order valence-corrected chi connectivity index (χ0v) is 19.2. The first-order valence-electron chi connectivity index (χ1n) is 11.1. The molecule has 0 fully saturated rings. The molecule has 1 unspecified atom stereocenters. The van der Waals surface area contributed by atoms with Crippen LogP contribution in [-0.2, 0) is 17.9 Å². The van der Waals surface area contributed by atoms with Crippen LogP contribution in [0.15, 0.2) is 84.5 Å². The van der Waals surface area contributed by atoms with E-state index in [0.29, 0.717) is 30.0 Å². The van der Waals surface area contributed by atoms with Gasteiger partial charge in [0, 0.05) is 35.3 Å². The minimum absolute atomic E-state index is 0.0223. The molecule has 0 spiro atoms. The van der Waals surface area contributed by atoms with E-state index in [1.54, 1.807) is 24.3 Å². The molecule has 0 saturated heterocycles. The van der Waals surface area contributed by atoms with E-state index in [4.69, 9.17) is 9.68 Å². The Bertz CT molecular complexity index is 1090. The molecule has 0 amide bonds. The van der Waals surface area contributed by atoms with Gasteiger partial charge in [-0.15, -0.1) is 0 Å². The summed E-state index contributed by atoms with van der Waals surface area (Å²) >= 11 is 0. The number of anilines is 2. The number of phenols is 1. The molecule has 0 heterocycles. The Kier molecular flexibility index (Phi) is 10.1. The van der Waals surface area contributed by atoms with Crippen molar-refractivity contribution < 1.29 is 25.0 Å². The minimum Gasteiger partial charge on any atom is -0.508 e. The van der Waals surface area contributed by atoms with Gasteiger partial charge in [0.2, 0.25) is 6.40 Å². The number of nitrogens with zero attached hydrogens (tertiary/aromatic N) is 1. The van der Waals surface area contributed by atoms with Crippen molar-refractivity contribution >= 4 is 17.8 Å². The Morgan fingerprint density at radius 3 is 2.40 bits per heavy atom. The van der Waals surface area contributed by atoms with Crippen molar-refractivity contribution in [2.24, 2.45) is 4.99 Å². The average molecular weight is 479 g/mol. The number of aliphatic hydroxyl groups excluding tert-OH is 2. The van der Waals surface area contributed by atoms with Gasteiger partial charge in [-0.3, -0.25) is 0 Å². The van der Waals surface area contributed by atoms with Gasteiger partial charge in [-0.05, 0) is 72.6 Å². The van der Waals surface area contributed by atoms with Crippen molar-refractivity contribution in [1.29, 1.82) is 0 Å². The highest BCUT2D eigenvalue weighted by Gasteiger charge is 2.10. The maximum atomic E-state index is 10.3. The highest BCUT2D eigenvalue weighted by molar-refractivity contribution is 5.60. The van der Waals surface area contributed by atoms with Crippen LogP contribution in [0.3, 0.4) is 0 Å². The summed E-state index contributed by atoms with van der Waals surface area (Å²) in [5, 5.41) is 35.8. The van der Waals surface area contributed by atoms with Crippen LogP contribution in [0.1, 0.15) is 22.8 Å². The van der Waals surface area contributed by atoms with Gasteiger partial charge in [0.05, 0.1) is 12.7 Å². The third-order valence-electron chi connectivity index (χ3n) is 5.11. The van der Waals surface area contributed by atoms with Gasteiger partial charge < -0.3 is 35.6 Å². The second-order valence-corrected chi connectivity index (χ2v) is 7.60. The molecular formula is C26H30N4O5. The standard InChI is InChI=1S/C26H30N4O5/c1-2-27-18-34-30-35-24-10-8-23(9-11-24)29-22-6-3-19(4-7-22)13-14-28-16-26(33)20-5-12-25(32)21(15-20)17-31/h2-12,15,18,26,28-33H,1,13-14,16-17H2. The summed E-state index contributed by atoms with van der Waals surface area (Å²) < 4.78 is 0. The maximum absolute atomic E-state index is 10.3. The highest BCUT2D eigenvalue weighted by atomic mass is 16.9. The molecule has 0 aliphatic heterocycles. The number of benzene rings is 3. The number of aliphatic hydroxyl groups is 2. The van der Waals surface area contributed by atoms with Crippen molar-refractivity contribution in [3.63, 3.8) is 0 Å². The molecule has 3 aromatic rings. The van der Waals surface area contributed by atoms with E-state index >= 15 is 0 Å². The van der Waals surface area contributed by atoms with Crippen LogP contribution >= 0.6 is 0 Å². The van der Waals surface area contributed by atoms with Gasteiger partial charge in [-0.2, -0.15) is 0 Å². The zero-order chi connectivity index (χ0) is 24.9. The number of hydrogen-bond donors (Lipinski definition) is 6. The molecule has 3 aromatic carbocycles. The van der Waals surface area contributed by atoms with Gasteiger partial charge in [0.15, 0.2) is 5.75 Å². The summed E-state index contributed by atoms with van der Waals surface area (Å²) in [7, 11) is 0. The van der Waals surface area contributed by atoms with E-state index in [1.807, 2.05) is 24.3 Å². The molecule has 6 N–H and O–H groups in total. The molecule has 184 valence electrons. The van der Waals surface area contributed by atoms with Crippen LogP contribution in [0.4, 0.5) is 11.4 Å². The van der Waals surface area contributed by atoms with E-state index in [0.717, 1.165) is 24.2 Å². The molecular weight excluding hydrogens is 448 g/mol. The lowest BCUT2D eigenvalue weighted by Crippen LogP contribution is -2.23. The molecule has 35 heavy (non-hydrogen) atoms. The van der Waals surface area contributed by atoms with E-state index < -0.39 is 6.10 Å². The zero-order valence-electron chi connectivity index (χ0n) is 19.2. The smallest absolute Gasteiger partial charge is 0.205 e. The molecule has 0 aliphatic rings. The first-order valence-corrected chi connectivity index (χ1v) is 11.1. The highest BCUT2D eigenvalue weighted by Crippen LogP contribution is 2.22. The van der Waals surface area contributed by atoms with Crippen LogP contribution in [0.25, 0.3) is 0 Å². The number of rotatable bonds is 14. The fourth-order valence-corrected chi connectivity index (χ4v) is 3.22. The molecule has 0 radical (unpaired) electrons. The summed E-state index contributed by atoms with van der Waals surface area (Å²) in [5.74, 6) is 0.601. The number of aliphatic imine (C=N–C) groups is 1. The SMILES string of the molecule is C=CN=CONOc1ccc(Nc2ccc(CCNCC(O)c3ccc(O)c(CO)c3)cc2)cc1. The molecule has 0 saturated carbocycles. The van der Waals surface area contributed by atoms with Crippen LogP contribution < -0.4 is 21.1 Å². The minimum atomic E-state index is -0.723. The Morgan fingerprint density at radius 2 is 1.71 bits per heavy atom. The first-order chi connectivity index (χ1) is 17.1. The predicted octanol–water partition coefficient (Wildman–Crippen LogP) is 3.48. The Hall–Kier alpha value is -3.89. The predicted molar refractivity (Wildman–Crippen MR) is 135 cm³/mol. The van der Waals surface area contributed by atoms with Crippen molar-refractivity contribution in [2.75, 3.05) is 18.4 Å². The first kappa shape index (κ1) is 25.7. The lowest BCUT2D eigenvalue weighted by molar-refractivity contribution is -0.0244. The Labute approximate surface area is 204 Å². The number of aromatic hydroxyl groups is 1. The Balaban J connectivity index is 1.39. The second kappa shape index (κ2) is 13.7. The third-order valence-corrected chi connectivity index (χ3v) is 5.11. The number of nitrogens with one attached hydrogen (secondary N) is 3. The normalized spacial score (nSPS) is 11.8. The van der Waals surface area contributed by atoms with Crippen LogP contribution in [0, 0.1) is 0 Å². The Morgan fingerprint density at radius 1 is 1.00 bits per heavy atom. The second-order valence-electron chi connectivity index (χ2n) is 7.60. The summed E-state index contributed by atoms with van der Waals surface area (Å²) in [4.78, 5) is 13.7. The largest absolute Gasteiger partial charge is 0.508 e. The average Bonchev–Trinajstić information content (AvgIpc) is 2.88. The molecule has 0 aliphatic carbocycles. The lowest BCUT2D eigenvalue weighted by Gasteiger charge is -2.14. The van der Waals surface area contributed by atoms with Crippen LogP contribution in [0.2, 0.25) is 0 Å². The van der Waals surface area contributed by atoms with Gasteiger partial charge in [-0.25, -0.2) is 4.99 Å². The van der Waals surface area contributed by atoms with E-state index in [2.05, 4.69) is 40.0 Å². The molecule has 0 bridgehead atoms.